The second-order valence-corrected chi connectivity index (χ2v) is 7.25. The van der Waals surface area contributed by atoms with Crippen LogP contribution in [0.4, 0.5) is 5.82 Å². The number of anilines is 1. The largest absolute Gasteiger partial charge is 0.349 e. The maximum Gasteiger partial charge on any atom is 0.137 e. The molecule has 2 aromatic heterocycles. The second-order valence-electron chi connectivity index (χ2n) is 5.89. The molecule has 0 amide bonds. The molecule has 112 valence electrons. The predicted molar refractivity (Wildman–Crippen MR) is 89.7 cm³/mol. The van der Waals surface area contributed by atoms with E-state index >= 15 is 0 Å². The van der Waals surface area contributed by atoms with Crippen molar-refractivity contribution in [1.29, 1.82) is 0 Å². The lowest BCUT2D eigenvalue weighted by Gasteiger charge is -2.35. The molecule has 0 spiro atoms. The van der Waals surface area contributed by atoms with Crippen LogP contribution in [-0.2, 0) is 6.42 Å². The number of rotatable bonds is 2. The number of hydrogen-bond donors (Lipinski definition) is 0. The average molecular weight is 322 g/mol. The van der Waals surface area contributed by atoms with E-state index in [1.165, 1.54) is 10.4 Å². The van der Waals surface area contributed by atoms with Gasteiger partial charge in [-0.25, -0.2) is 9.97 Å². The maximum absolute atomic E-state index is 6.33. The molecule has 1 unspecified atom stereocenters. The Bertz CT molecular complexity index is 666. The highest BCUT2D eigenvalue weighted by molar-refractivity contribution is 7.10. The third-order valence-electron chi connectivity index (χ3n) is 4.14. The van der Waals surface area contributed by atoms with E-state index in [0.717, 1.165) is 30.2 Å². The van der Waals surface area contributed by atoms with Crippen molar-refractivity contribution < 1.29 is 0 Å². The molecule has 0 aromatic carbocycles. The molecule has 0 saturated heterocycles. The van der Waals surface area contributed by atoms with E-state index in [2.05, 4.69) is 42.1 Å². The molecule has 0 aliphatic carbocycles. The molecule has 3 rings (SSSR count). The van der Waals surface area contributed by atoms with Crippen LogP contribution in [0.25, 0.3) is 0 Å². The molecule has 0 fully saturated rings. The normalized spacial score (nSPS) is 18.2. The van der Waals surface area contributed by atoms with E-state index in [-0.39, 0.29) is 5.92 Å². The first-order valence-corrected chi connectivity index (χ1v) is 8.61. The number of fused-ring (bicyclic) bond motifs is 1. The molecular weight excluding hydrogens is 302 g/mol. The van der Waals surface area contributed by atoms with Crippen molar-refractivity contribution in [3.8, 4) is 0 Å². The number of hydrogen-bond acceptors (Lipinski definition) is 4. The van der Waals surface area contributed by atoms with E-state index < -0.39 is 0 Å². The molecule has 5 heteroatoms. The van der Waals surface area contributed by atoms with E-state index in [1.54, 1.807) is 0 Å². The van der Waals surface area contributed by atoms with Gasteiger partial charge < -0.3 is 4.90 Å². The Morgan fingerprint density at radius 2 is 2.14 bits per heavy atom. The third-order valence-corrected chi connectivity index (χ3v) is 5.51. The average Bonchev–Trinajstić information content (AvgIpc) is 2.92. The Labute approximate surface area is 135 Å². The zero-order valence-corrected chi connectivity index (χ0v) is 14.4. The third kappa shape index (κ3) is 2.55. The topological polar surface area (TPSA) is 29.0 Å². The lowest BCUT2D eigenvalue weighted by atomic mass is 10.0. The molecule has 3 heterocycles. The van der Waals surface area contributed by atoms with Gasteiger partial charge in [-0.1, -0.05) is 25.4 Å². The minimum absolute atomic E-state index is 0.277. The predicted octanol–water partition coefficient (Wildman–Crippen LogP) is 4.75. The Hall–Kier alpha value is -1.13. The smallest absolute Gasteiger partial charge is 0.137 e. The van der Waals surface area contributed by atoms with Crippen LogP contribution >= 0.6 is 22.9 Å². The molecule has 0 saturated carbocycles. The van der Waals surface area contributed by atoms with Crippen molar-refractivity contribution >= 4 is 28.8 Å². The lowest BCUT2D eigenvalue weighted by molar-refractivity contribution is 0.616. The summed E-state index contributed by atoms with van der Waals surface area (Å²) in [7, 11) is 0. The van der Waals surface area contributed by atoms with Gasteiger partial charge in [0.05, 0.1) is 6.04 Å². The standard InChI is InChI=1S/C16H20ClN3S/c1-9(2)15-18-14(17)10(3)16(19-15)20-7-5-13-12(11(20)4)6-8-21-13/h6,8-9,11H,5,7H2,1-4H3. The molecular formula is C16H20ClN3S. The van der Waals surface area contributed by atoms with Crippen LogP contribution in [0.1, 0.15) is 54.6 Å². The van der Waals surface area contributed by atoms with Gasteiger partial charge in [-0.3, -0.25) is 0 Å². The van der Waals surface area contributed by atoms with Crippen LogP contribution in [0.3, 0.4) is 0 Å². The summed E-state index contributed by atoms with van der Waals surface area (Å²) in [4.78, 5) is 13.1. The van der Waals surface area contributed by atoms with Crippen molar-refractivity contribution in [2.75, 3.05) is 11.4 Å². The van der Waals surface area contributed by atoms with Gasteiger partial charge in [-0.15, -0.1) is 11.3 Å². The number of nitrogens with zero attached hydrogens (tertiary/aromatic N) is 3. The van der Waals surface area contributed by atoms with Gasteiger partial charge in [-0.05, 0) is 37.3 Å². The fraction of sp³-hybridized carbons (Fsp3) is 0.500. The van der Waals surface area contributed by atoms with Gasteiger partial charge in [-0.2, -0.15) is 0 Å². The molecule has 2 aromatic rings. The Balaban J connectivity index is 2.05. The summed E-state index contributed by atoms with van der Waals surface area (Å²) >= 11 is 8.19. The van der Waals surface area contributed by atoms with E-state index in [9.17, 15) is 0 Å². The van der Waals surface area contributed by atoms with E-state index in [0.29, 0.717) is 11.2 Å². The summed E-state index contributed by atoms with van der Waals surface area (Å²) in [5.74, 6) is 2.09. The zero-order chi connectivity index (χ0) is 15.1. The molecule has 1 aliphatic heterocycles. The molecule has 0 N–H and O–H groups in total. The fourth-order valence-corrected chi connectivity index (χ4v) is 3.96. The van der Waals surface area contributed by atoms with Crippen molar-refractivity contribution in [2.24, 2.45) is 0 Å². The zero-order valence-electron chi connectivity index (χ0n) is 12.9. The lowest BCUT2D eigenvalue weighted by Crippen LogP contribution is -2.34. The molecule has 1 aliphatic rings. The van der Waals surface area contributed by atoms with Crippen molar-refractivity contribution in [2.45, 2.75) is 46.1 Å². The minimum atomic E-state index is 0.277. The van der Waals surface area contributed by atoms with Crippen LogP contribution in [0.15, 0.2) is 11.4 Å². The molecule has 0 radical (unpaired) electrons. The van der Waals surface area contributed by atoms with Gasteiger partial charge in [0.2, 0.25) is 0 Å². The van der Waals surface area contributed by atoms with Crippen molar-refractivity contribution in [3.63, 3.8) is 0 Å². The fourth-order valence-electron chi connectivity index (χ4n) is 2.83. The van der Waals surface area contributed by atoms with Crippen molar-refractivity contribution in [1.82, 2.24) is 9.97 Å². The molecule has 3 nitrogen and oxygen atoms in total. The van der Waals surface area contributed by atoms with Crippen LogP contribution in [0.5, 0.6) is 0 Å². The summed E-state index contributed by atoms with van der Waals surface area (Å²) < 4.78 is 0. The van der Waals surface area contributed by atoms with Gasteiger partial charge in [0.1, 0.15) is 16.8 Å². The highest BCUT2D eigenvalue weighted by Gasteiger charge is 2.28. The van der Waals surface area contributed by atoms with Gasteiger partial charge in [0.25, 0.3) is 0 Å². The van der Waals surface area contributed by atoms with E-state index in [1.807, 2.05) is 18.3 Å². The number of halogens is 1. The summed E-state index contributed by atoms with van der Waals surface area (Å²) in [6, 6.07) is 2.57. The molecule has 0 bridgehead atoms. The van der Waals surface area contributed by atoms with E-state index in [4.69, 9.17) is 16.6 Å². The van der Waals surface area contributed by atoms with Gasteiger partial charge in [0, 0.05) is 22.9 Å². The Morgan fingerprint density at radius 1 is 1.38 bits per heavy atom. The van der Waals surface area contributed by atoms with Crippen molar-refractivity contribution in [3.05, 3.63) is 38.4 Å². The maximum atomic E-state index is 6.33. The van der Waals surface area contributed by atoms with Crippen LogP contribution in [0, 0.1) is 6.92 Å². The SMILES string of the molecule is Cc1c(Cl)nc(C(C)C)nc1N1CCc2sccc2C1C. The molecule has 1 atom stereocenters. The van der Waals surface area contributed by atoms with Crippen LogP contribution < -0.4 is 4.90 Å². The van der Waals surface area contributed by atoms with Gasteiger partial charge >= 0.3 is 0 Å². The molecule has 21 heavy (non-hydrogen) atoms. The van der Waals surface area contributed by atoms with Crippen LogP contribution in [-0.4, -0.2) is 16.5 Å². The summed E-state index contributed by atoms with van der Waals surface area (Å²) in [6.45, 7) is 9.44. The van der Waals surface area contributed by atoms with Crippen LogP contribution in [0.2, 0.25) is 5.15 Å². The Kier molecular flexibility index (Phi) is 3.93. The summed E-state index contributed by atoms with van der Waals surface area (Å²) in [5.41, 5.74) is 2.40. The highest BCUT2D eigenvalue weighted by Crippen LogP contribution is 2.37. The first-order valence-electron chi connectivity index (χ1n) is 7.36. The first-order chi connectivity index (χ1) is 9.99. The second kappa shape index (κ2) is 5.58. The summed E-state index contributed by atoms with van der Waals surface area (Å²) in [5, 5.41) is 2.76. The summed E-state index contributed by atoms with van der Waals surface area (Å²) in [6.07, 6.45) is 1.08. The minimum Gasteiger partial charge on any atom is -0.349 e. The monoisotopic (exact) mass is 321 g/mol. The number of aromatic nitrogens is 2. The highest BCUT2D eigenvalue weighted by atomic mass is 35.5. The number of thiophene rings is 1. The quantitative estimate of drug-likeness (QED) is 0.748. The first kappa shape index (κ1) is 14.8. The van der Waals surface area contributed by atoms with Gasteiger partial charge in [0.15, 0.2) is 0 Å². The Morgan fingerprint density at radius 3 is 2.86 bits per heavy atom.